The van der Waals surface area contributed by atoms with Crippen LogP contribution in [0, 0.1) is 0 Å². The first-order valence-corrected chi connectivity index (χ1v) is 11.2. The SMILES string of the molecule is CN(c1cc(NS(C)(=O)=O)cc(-c2nc3cc(Br)cnc3[nH]2)c1)c1nccn1C. The van der Waals surface area contributed by atoms with Gasteiger partial charge in [0.2, 0.25) is 16.0 Å². The molecule has 4 aromatic rings. The summed E-state index contributed by atoms with van der Waals surface area (Å²) in [6.07, 6.45) is 6.35. The summed E-state index contributed by atoms with van der Waals surface area (Å²) in [6.45, 7) is 0. The van der Waals surface area contributed by atoms with Crippen molar-refractivity contribution in [3.63, 3.8) is 0 Å². The minimum absolute atomic E-state index is 0.427. The lowest BCUT2D eigenvalue weighted by molar-refractivity contribution is 0.607. The molecular weight excluding hydrogens is 458 g/mol. The maximum Gasteiger partial charge on any atom is 0.229 e. The van der Waals surface area contributed by atoms with Crippen LogP contribution in [-0.4, -0.2) is 46.2 Å². The lowest BCUT2D eigenvalue weighted by Gasteiger charge is -2.20. The molecule has 0 radical (unpaired) electrons. The molecular formula is C18H18BrN7O2S. The molecule has 0 saturated carbocycles. The molecule has 9 nitrogen and oxygen atoms in total. The monoisotopic (exact) mass is 475 g/mol. The number of sulfonamides is 1. The third kappa shape index (κ3) is 4.10. The Bertz CT molecular complexity index is 1310. The molecule has 4 rings (SSSR count). The molecule has 0 amide bonds. The Morgan fingerprint density at radius 2 is 2.00 bits per heavy atom. The summed E-state index contributed by atoms with van der Waals surface area (Å²) in [7, 11) is 0.305. The van der Waals surface area contributed by atoms with E-state index in [0.29, 0.717) is 34.2 Å². The van der Waals surface area contributed by atoms with Gasteiger partial charge in [-0.1, -0.05) is 0 Å². The second-order valence-corrected chi connectivity index (χ2v) is 9.31. The summed E-state index contributed by atoms with van der Waals surface area (Å²) in [5.74, 6) is 1.29. The van der Waals surface area contributed by atoms with Gasteiger partial charge >= 0.3 is 0 Å². The Kier molecular flexibility index (Phi) is 4.79. The average Bonchev–Trinajstić information content (AvgIpc) is 3.25. The van der Waals surface area contributed by atoms with Crippen LogP contribution in [0.2, 0.25) is 0 Å². The van der Waals surface area contributed by atoms with Crippen molar-refractivity contribution in [3.05, 3.63) is 47.3 Å². The number of nitrogens with one attached hydrogen (secondary N) is 2. The first-order valence-electron chi connectivity index (χ1n) is 8.55. The highest BCUT2D eigenvalue weighted by molar-refractivity contribution is 9.10. The van der Waals surface area contributed by atoms with Crippen LogP contribution in [0.5, 0.6) is 0 Å². The number of imidazole rings is 2. The van der Waals surface area contributed by atoms with Gasteiger partial charge in [0.25, 0.3) is 0 Å². The topological polar surface area (TPSA) is 109 Å². The number of rotatable bonds is 5. The Hall–Kier alpha value is -2.92. The molecule has 0 saturated heterocycles. The number of H-pyrrole nitrogens is 1. The van der Waals surface area contributed by atoms with Crippen molar-refractivity contribution in [2.45, 2.75) is 0 Å². The Morgan fingerprint density at radius 1 is 1.21 bits per heavy atom. The molecule has 11 heteroatoms. The van der Waals surface area contributed by atoms with Gasteiger partial charge in [0.1, 0.15) is 11.3 Å². The van der Waals surface area contributed by atoms with Crippen molar-refractivity contribution in [3.8, 4) is 11.4 Å². The number of hydrogen-bond acceptors (Lipinski definition) is 6. The van der Waals surface area contributed by atoms with E-state index in [4.69, 9.17) is 0 Å². The predicted molar refractivity (Wildman–Crippen MR) is 117 cm³/mol. The molecule has 1 aromatic carbocycles. The van der Waals surface area contributed by atoms with Crippen LogP contribution in [0.3, 0.4) is 0 Å². The molecule has 29 heavy (non-hydrogen) atoms. The van der Waals surface area contributed by atoms with Crippen molar-refractivity contribution in [1.82, 2.24) is 24.5 Å². The fourth-order valence-electron chi connectivity index (χ4n) is 3.02. The fourth-order valence-corrected chi connectivity index (χ4v) is 3.88. The molecule has 0 unspecified atom stereocenters. The Balaban J connectivity index is 1.85. The van der Waals surface area contributed by atoms with Gasteiger partial charge in [0, 0.05) is 48.4 Å². The Morgan fingerprint density at radius 3 is 2.69 bits per heavy atom. The molecule has 3 heterocycles. The number of aromatic nitrogens is 5. The maximum atomic E-state index is 11.8. The van der Waals surface area contributed by atoms with Crippen LogP contribution < -0.4 is 9.62 Å². The third-order valence-electron chi connectivity index (χ3n) is 4.28. The number of anilines is 3. The minimum atomic E-state index is -3.45. The largest absolute Gasteiger partial charge is 0.323 e. The number of benzene rings is 1. The Labute approximate surface area is 176 Å². The third-order valence-corrected chi connectivity index (χ3v) is 5.32. The van der Waals surface area contributed by atoms with Gasteiger partial charge in [0.15, 0.2) is 5.65 Å². The van der Waals surface area contributed by atoms with E-state index in [1.54, 1.807) is 24.5 Å². The van der Waals surface area contributed by atoms with Crippen molar-refractivity contribution in [2.24, 2.45) is 7.05 Å². The molecule has 0 atom stereocenters. The van der Waals surface area contributed by atoms with Gasteiger partial charge in [-0.05, 0) is 40.2 Å². The first kappa shape index (κ1) is 19.4. The van der Waals surface area contributed by atoms with E-state index in [1.807, 2.05) is 41.9 Å². The van der Waals surface area contributed by atoms with E-state index in [0.717, 1.165) is 16.4 Å². The minimum Gasteiger partial charge on any atom is -0.323 e. The maximum absolute atomic E-state index is 11.8. The molecule has 0 aliphatic heterocycles. The van der Waals surface area contributed by atoms with Gasteiger partial charge < -0.3 is 14.5 Å². The number of hydrogen-bond donors (Lipinski definition) is 2. The zero-order valence-electron chi connectivity index (χ0n) is 15.9. The van der Waals surface area contributed by atoms with Gasteiger partial charge in [-0.25, -0.2) is 23.4 Å². The smallest absolute Gasteiger partial charge is 0.229 e. The highest BCUT2D eigenvalue weighted by Crippen LogP contribution is 2.31. The molecule has 0 bridgehead atoms. The highest BCUT2D eigenvalue weighted by atomic mass is 79.9. The van der Waals surface area contributed by atoms with Gasteiger partial charge in [0.05, 0.1) is 11.9 Å². The first-order chi connectivity index (χ1) is 13.7. The predicted octanol–water partition coefficient (Wildman–Crippen LogP) is 3.26. The van der Waals surface area contributed by atoms with Crippen LogP contribution >= 0.6 is 15.9 Å². The number of halogens is 1. The van der Waals surface area contributed by atoms with Crippen LogP contribution in [0.25, 0.3) is 22.6 Å². The zero-order chi connectivity index (χ0) is 20.8. The van der Waals surface area contributed by atoms with Crippen LogP contribution in [0.4, 0.5) is 17.3 Å². The number of nitrogens with zero attached hydrogens (tertiary/aromatic N) is 5. The van der Waals surface area contributed by atoms with Crippen LogP contribution in [0.1, 0.15) is 0 Å². The van der Waals surface area contributed by atoms with Crippen molar-refractivity contribution in [1.29, 1.82) is 0 Å². The molecule has 0 fully saturated rings. The number of aromatic amines is 1. The van der Waals surface area contributed by atoms with Gasteiger partial charge in [-0.3, -0.25) is 4.72 Å². The molecule has 3 aromatic heterocycles. The molecule has 150 valence electrons. The number of fused-ring (bicyclic) bond motifs is 1. The second kappa shape index (κ2) is 7.16. The second-order valence-electron chi connectivity index (χ2n) is 6.65. The highest BCUT2D eigenvalue weighted by Gasteiger charge is 2.15. The summed E-state index contributed by atoms with van der Waals surface area (Å²) in [5.41, 5.74) is 3.23. The lowest BCUT2D eigenvalue weighted by atomic mass is 10.1. The molecule has 0 aliphatic carbocycles. The standard InChI is InChI=1S/C18H18BrN7O2S/c1-25-5-4-20-18(25)26(2)14-7-11(6-13(9-14)24-29(3,27)28)16-22-15-8-12(19)10-21-17(15)23-16/h4-10,24H,1-3H3,(H,21,22,23). The van der Waals surface area contributed by atoms with Crippen LogP contribution in [-0.2, 0) is 17.1 Å². The summed E-state index contributed by atoms with van der Waals surface area (Å²) in [5, 5.41) is 0. The summed E-state index contributed by atoms with van der Waals surface area (Å²) in [6, 6.07) is 7.25. The summed E-state index contributed by atoms with van der Waals surface area (Å²) < 4.78 is 28.9. The fraction of sp³-hybridized carbons (Fsp3) is 0.167. The van der Waals surface area contributed by atoms with Crippen molar-refractivity contribution < 1.29 is 8.42 Å². The van der Waals surface area contributed by atoms with E-state index < -0.39 is 10.0 Å². The summed E-state index contributed by atoms with van der Waals surface area (Å²) in [4.78, 5) is 18.3. The van der Waals surface area contributed by atoms with Gasteiger partial charge in [-0.2, -0.15) is 0 Å². The van der Waals surface area contributed by atoms with Crippen molar-refractivity contribution >= 4 is 54.4 Å². The normalized spacial score (nSPS) is 11.7. The molecule has 2 N–H and O–H groups in total. The van der Waals surface area contributed by atoms with E-state index in [9.17, 15) is 8.42 Å². The molecule has 0 aliphatic rings. The van der Waals surface area contributed by atoms with E-state index in [-0.39, 0.29) is 0 Å². The number of pyridine rings is 1. The van der Waals surface area contributed by atoms with E-state index in [2.05, 4.69) is 40.6 Å². The number of aryl methyl sites for hydroxylation is 1. The average molecular weight is 476 g/mol. The van der Waals surface area contributed by atoms with E-state index in [1.165, 1.54) is 0 Å². The summed E-state index contributed by atoms with van der Waals surface area (Å²) >= 11 is 3.39. The molecule has 0 spiro atoms. The van der Waals surface area contributed by atoms with Crippen molar-refractivity contribution in [2.75, 3.05) is 22.9 Å². The zero-order valence-corrected chi connectivity index (χ0v) is 18.3. The quantitative estimate of drug-likeness (QED) is 0.458. The van der Waals surface area contributed by atoms with Crippen LogP contribution in [0.15, 0.2) is 47.3 Å². The van der Waals surface area contributed by atoms with Gasteiger partial charge in [-0.15, -0.1) is 0 Å². The van der Waals surface area contributed by atoms with E-state index >= 15 is 0 Å². The lowest BCUT2D eigenvalue weighted by Crippen LogP contribution is -2.15.